The van der Waals surface area contributed by atoms with Crippen LogP contribution in [0.2, 0.25) is 0 Å². The number of ether oxygens (including phenoxy) is 1. The van der Waals surface area contributed by atoms with Crippen molar-refractivity contribution in [3.63, 3.8) is 0 Å². The topological polar surface area (TPSA) is 119 Å². The van der Waals surface area contributed by atoms with Gasteiger partial charge in [-0.15, -0.1) is 18.3 Å². The van der Waals surface area contributed by atoms with E-state index in [1.54, 1.807) is 6.07 Å². The van der Waals surface area contributed by atoms with Gasteiger partial charge < -0.3 is 15.2 Å². The number of carboxylic acids is 1. The molecular weight excluding hydrogens is 407 g/mol. The molecule has 156 valence electrons. The van der Waals surface area contributed by atoms with Crippen LogP contribution in [0.4, 0.5) is 18.9 Å². The van der Waals surface area contributed by atoms with Gasteiger partial charge in [-0.2, -0.15) is 0 Å². The van der Waals surface area contributed by atoms with Gasteiger partial charge in [-0.05, 0) is 42.8 Å². The minimum absolute atomic E-state index is 0.0465. The number of carbonyl (C=O) groups excluding carboxylic acids is 1. The van der Waals surface area contributed by atoms with Crippen LogP contribution in [0, 0.1) is 6.92 Å². The van der Waals surface area contributed by atoms with Crippen LogP contribution in [0.1, 0.15) is 32.2 Å². The molecule has 1 aromatic carbocycles. The number of nitrogens with one attached hydrogen (secondary N) is 1. The zero-order valence-electron chi connectivity index (χ0n) is 15.3. The third-order valence-electron chi connectivity index (χ3n) is 3.84. The van der Waals surface area contributed by atoms with Gasteiger partial charge in [0.25, 0.3) is 5.91 Å². The number of anilines is 1. The third kappa shape index (κ3) is 5.10. The van der Waals surface area contributed by atoms with Crippen LogP contribution in [0.25, 0.3) is 0 Å². The van der Waals surface area contributed by atoms with Crippen molar-refractivity contribution in [1.82, 2.24) is 20.0 Å². The summed E-state index contributed by atoms with van der Waals surface area (Å²) in [5.41, 5.74) is 1.13. The minimum Gasteiger partial charge on any atom is -0.476 e. The number of pyridine rings is 1. The predicted molar refractivity (Wildman–Crippen MR) is 96.1 cm³/mol. The van der Waals surface area contributed by atoms with E-state index in [0.717, 1.165) is 12.1 Å². The zero-order chi connectivity index (χ0) is 21.9. The lowest BCUT2D eigenvalue weighted by Gasteiger charge is -2.10. The van der Waals surface area contributed by atoms with Crippen molar-refractivity contribution in [3.8, 4) is 5.75 Å². The Balaban J connectivity index is 1.65. The largest absolute Gasteiger partial charge is 0.573 e. The van der Waals surface area contributed by atoms with Crippen LogP contribution >= 0.6 is 0 Å². The Morgan fingerprint density at radius 2 is 1.87 bits per heavy atom. The van der Waals surface area contributed by atoms with E-state index < -0.39 is 24.0 Å². The van der Waals surface area contributed by atoms with Gasteiger partial charge in [-0.25, -0.2) is 9.48 Å². The Bertz CT molecular complexity index is 1060. The molecule has 0 saturated carbocycles. The van der Waals surface area contributed by atoms with Gasteiger partial charge in [0.2, 0.25) is 0 Å². The lowest BCUT2D eigenvalue weighted by molar-refractivity contribution is -0.274. The molecule has 2 aromatic heterocycles. The maximum absolute atomic E-state index is 12.3. The molecule has 0 atom stereocenters. The zero-order valence-corrected chi connectivity index (χ0v) is 15.3. The Labute approximate surface area is 167 Å². The minimum atomic E-state index is -4.80. The summed E-state index contributed by atoms with van der Waals surface area (Å²) in [5, 5.41) is 19.2. The lowest BCUT2D eigenvalue weighted by Crippen LogP contribution is -2.17. The average Bonchev–Trinajstić information content (AvgIpc) is 3.03. The van der Waals surface area contributed by atoms with Gasteiger partial charge in [-0.3, -0.25) is 9.78 Å². The molecule has 0 aliphatic carbocycles. The van der Waals surface area contributed by atoms with E-state index in [0.29, 0.717) is 5.56 Å². The monoisotopic (exact) mass is 421 g/mol. The van der Waals surface area contributed by atoms with Crippen LogP contribution in [-0.4, -0.2) is 43.3 Å². The van der Waals surface area contributed by atoms with E-state index in [9.17, 15) is 27.9 Å². The summed E-state index contributed by atoms with van der Waals surface area (Å²) >= 11 is 0. The molecule has 9 nitrogen and oxygen atoms in total. The second-order valence-corrected chi connectivity index (χ2v) is 6.06. The summed E-state index contributed by atoms with van der Waals surface area (Å²) in [6.07, 6.45) is -3.41. The molecular formula is C18H14F3N5O4. The number of halogens is 3. The molecule has 0 spiro atoms. The van der Waals surface area contributed by atoms with Crippen LogP contribution in [0.3, 0.4) is 0 Å². The number of rotatable bonds is 6. The number of nitrogens with zero attached hydrogens (tertiary/aromatic N) is 4. The summed E-state index contributed by atoms with van der Waals surface area (Å²) in [6.45, 7) is 1.62. The first-order valence-electron chi connectivity index (χ1n) is 8.38. The van der Waals surface area contributed by atoms with Gasteiger partial charge in [-0.1, -0.05) is 11.3 Å². The molecule has 2 heterocycles. The molecule has 0 unspecified atom stereocenters. The number of carbonyl (C=O) groups is 2. The van der Waals surface area contributed by atoms with E-state index >= 15 is 0 Å². The second kappa shape index (κ2) is 8.19. The highest BCUT2D eigenvalue weighted by Gasteiger charge is 2.31. The smallest absolute Gasteiger partial charge is 0.476 e. The van der Waals surface area contributed by atoms with Crippen LogP contribution in [0.5, 0.6) is 5.75 Å². The highest BCUT2D eigenvalue weighted by atomic mass is 19.4. The fourth-order valence-electron chi connectivity index (χ4n) is 2.54. The Kier molecular flexibility index (Phi) is 5.67. The Hall–Kier alpha value is -3.96. The molecule has 12 heteroatoms. The van der Waals surface area contributed by atoms with E-state index in [1.165, 1.54) is 36.0 Å². The van der Waals surface area contributed by atoms with Crippen molar-refractivity contribution in [2.45, 2.75) is 19.8 Å². The number of hydrogen-bond donors (Lipinski definition) is 2. The molecule has 0 bridgehead atoms. The van der Waals surface area contributed by atoms with Gasteiger partial charge in [0, 0.05) is 11.9 Å². The molecule has 1 amide bonds. The molecule has 3 rings (SSSR count). The highest BCUT2D eigenvalue weighted by Crippen LogP contribution is 2.24. The van der Waals surface area contributed by atoms with Gasteiger partial charge in [0.15, 0.2) is 5.69 Å². The molecule has 3 aromatic rings. The molecule has 0 aliphatic heterocycles. The number of aromatic nitrogens is 4. The lowest BCUT2D eigenvalue weighted by atomic mass is 10.2. The Morgan fingerprint density at radius 3 is 2.43 bits per heavy atom. The normalized spacial score (nSPS) is 11.2. The summed E-state index contributed by atoms with van der Waals surface area (Å²) in [5.74, 6) is -2.14. The third-order valence-corrected chi connectivity index (χ3v) is 3.84. The summed E-state index contributed by atoms with van der Waals surface area (Å²) in [4.78, 5) is 27.5. The highest BCUT2D eigenvalue weighted by molar-refractivity contribution is 6.02. The number of hydrogen-bond acceptors (Lipinski definition) is 6. The van der Waals surface area contributed by atoms with Crippen LogP contribution < -0.4 is 10.1 Å². The summed E-state index contributed by atoms with van der Waals surface area (Å²) < 4.78 is 41.5. The van der Waals surface area contributed by atoms with E-state index in [-0.39, 0.29) is 29.3 Å². The number of aryl methyl sites for hydroxylation is 1. The maximum atomic E-state index is 12.3. The SMILES string of the molecule is Cc1nnn(Cc2ccc(C(=O)Nc3ccc(OC(F)(F)F)cc3)nc2)c1C(=O)O. The number of aromatic carboxylic acids is 1. The first-order valence-corrected chi connectivity index (χ1v) is 8.38. The molecule has 2 N–H and O–H groups in total. The van der Waals surface area contributed by atoms with Crippen molar-refractivity contribution in [2.24, 2.45) is 0 Å². The number of amides is 1. The second-order valence-electron chi connectivity index (χ2n) is 6.06. The fourth-order valence-corrected chi connectivity index (χ4v) is 2.54. The molecule has 0 fully saturated rings. The van der Waals surface area contributed by atoms with E-state index in [2.05, 4.69) is 25.3 Å². The summed E-state index contributed by atoms with van der Waals surface area (Å²) in [7, 11) is 0. The first-order chi connectivity index (χ1) is 14.1. The van der Waals surface area contributed by atoms with Crippen molar-refractivity contribution >= 4 is 17.6 Å². The van der Waals surface area contributed by atoms with E-state index in [4.69, 9.17) is 0 Å². The maximum Gasteiger partial charge on any atom is 0.573 e. The van der Waals surface area contributed by atoms with Gasteiger partial charge in [0.1, 0.15) is 11.4 Å². The van der Waals surface area contributed by atoms with E-state index in [1.807, 2.05) is 0 Å². The van der Waals surface area contributed by atoms with Gasteiger partial charge in [0.05, 0.1) is 12.2 Å². The molecule has 0 aliphatic rings. The number of benzene rings is 1. The van der Waals surface area contributed by atoms with Crippen LogP contribution in [0.15, 0.2) is 42.6 Å². The van der Waals surface area contributed by atoms with Crippen LogP contribution in [-0.2, 0) is 6.54 Å². The first kappa shape index (κ1) is 20.8. The number of alkyl halides is 3. The fraction of sp³-hybridized carbons (Fsp3) is 0.167. The average molecular weight is 421 g/mol. The molecule has 0 radical (unpaired) electrons. The van der Waals surface area contributed by atoms with Crippen molar-refractivity contribution in [1.29, 1.82) is 0 Å². The standard InChI is InChI=1S/C18H14F3N5O4/c1-10-15(17(28)29)26(25-24-10)9-11-2-7-14(22-8-11)16(27)23-12-3-5-13(6-4-12)30-18(19,20)21/h2-8H,9H2,1H3,(H,23,27)(H,28,29). The van der Waals surface area contributed by atoms with Gasteiger partial charge >= 0.3 is 12.3 Å². The van der Waals surface area contributed by atoms with Crippen molar-refractivity contribution in [2.75, 3.05) is 5.32 Å². The van der Waals surface area contributed by atoms with Crippen molar-refractivity contribution < 1.29 is 32.6 Å². The molecule has 0 saturated heterocycles. The summed E-state index contributed by atoms with van der Waals surface area (Å²) in [6, 6.07) is 7.65. The quantitative estimate of drug-likeness (QED) is 0.628. The predicted octanol–water partition coefficient (Wildman–Crippen LogP) is 2.88. The Morgan fingerprint density at radius 1 is 1.17 bits per heavy atom. The number of carboxylic acid groups (broad SMARTS) is 1. The van der Waals surface area contributed by atoms with Crippen molar-refractivity contribution in [3.05, 3.63) is 65.2 Å². The molecule has 30 heavy (non-hydrogen) atoms.